The van der Waals surface area contributed by atoms with E-state index in [0.717, 1.165) is 24.5 Å². The molecule has 0 saturated heterocycles. The molecule has 0 unspecified atom stereocenters. The molecule has 1 aromatic carbocycles. The highest BCUT2D eigenvalue weighted by molar-refractivity contribution is 7.09. The van der Waals surface area contributed by atoms with E-state index in [2.05, 4.69) is 41.7 Å². The molecule has 0 radical (unpaired) electrons. The van der Waals surface area contributed by atoms with Crippen molar-refractivity contribution in [3.05, 3.63) is 50.9 Å². The summed E-state index contributed by atoms with van der Waals surface area (Å²) in [6.07, 6.45) is 0.991. The molecule has 2 rings (SSSR count). The van der Waals surface area contributed by atoms with E-state index in [4.69, 9.17) is 11.6 Å². The van der Waals surface area contributed by atoms with Gasteiger partial charge in [0.25, 0.3) is 0 Å². The monoisotopic (exact) mass is 294 g/mol. The summed E-state index contributed by atoms with van der Waals surface area (Å²) in [7, 11) is 0. The number of halogens is 1. The Kier molecular flexibility index (Phi) is 5.37. The van der Waals surface area contributed by atoms with Crippen LogP contribution in [-0.2, 0) is 13.0 Å². The first kappa shape index (κ1) is 14.5. The second-order valence-corrected chi connectivity index (χ2v) is 6.25. The quantitative estimate of drug-likeness (QED) is 0.806. The van der Waals surface area contributed by atoms with Crippen LogP contribution in [0.1, 0.15) is 36.0 Å². The zero-order valence-electron chi connectivity index (χ0n) is 11.3. The Hall–Kier alpha value is -0.900. The van der Waals surface area contributed by atoms with Gasteiger partial charge in [0.2, 0.25) is 0 Å². The molecule has 0 bridgehead atoms. The third-order valence-electron chi connectivity index (χ3n) is 2.92. The fraction of sp³-hybridized carbons (Fsp3) is 0.400. The van der Waals surface area contributed by atoms with Crippen LogP contribution in [0, 0.1) is 0 Å². The van der Waals surface area contributed by atoms with Gasteiger partial charge in [0.15, 0.2) is 0 Å². The first-order valence-corrected chi connectivity index (χ1v) is 7.80. The predicted molar refractivity (Wildman–Crippen MR) is 83.1 cm³/mol. The van der Waals surface area contributed by atoms with E-state index in [9.17, 15) is 0 Å². The zero-order chi connectivity index (χ0) is 13.7. The fourth-order valence-electron chi connectivity index (χ4n) is 1.74. The van der Waals surface area contributed by atoms with Crippen LogP contribution in [0.5, 0.6) is 0 Å². The lowest BCUT2D eigenvalue weighted by Crippen LogP contribution is -2.16. The average molecular weight is 295 g/mol. The van der Waals surface area contributed by atoms with Crippen LogP contribution in [0.25, 0.3) is 0 Å². The molecule has 102 valence electrons. The summed E-state index contributed by atoms with van der Waals surface area (Å²) >= 11 is 7.61. The molecule has 0 spiro atoms. The molecule has 1 N–H and O–H groups in total. The average Bonchev–Trinajstić information content (AvgIpc) is 2.86. The van der Waals surface area contributed by atoms with E-state index >= 15 is 0 Å². The van der Waals surface area contributed by atoms with E-state index < -0.39 is 0 Å². The van der Waals surface area contributed by atoms with Crippen molar-refractivity contribution in [2.24, 2.45) is 0 Å². The van der Waals surface area contributed by atoms with Gasteiger partial charge in [0.05, 0.1) is 10.7 Å². The highest BCUT2D eigenvalue weighted by Gasteiger charge is 2.05. The number of nitrogens with zero attached hydrogens (tertiary/aromatic N) is 1. The molecule has 0 atom stereocenters. The zero-order valence-corrected chi connectivity index (χ0v) is 12.9. The molecule has 2 aromatic rings. The smallest absolute Gasteiger partial charge is 0.0941 e. The van der Waals surface area contributed by atoms with E-state index in [-0.39, 0.29) is 0 Å². The van der Waals surface area contributed by atoms with Crippen molar-refractivity contribution in [2.45, 2.75) is 32.7 Å². The van der Waals surface area contributed by atoms with Gasteiger partial charge < -0.3 is 5.32 Å². The van der Waals surface area contributed by atoms with Crippen LogP contribution >= 0.6 is 22.9 Å². The van der Waals surface area contributed by atoms with Gasteiger partial charge in [-0.1, -0.05) is 37.6 Å². The van der Waals surface area contributed by atoms with Crippen LogP contribution in [-0.4, -0.2) is 11.5 Å². The Morgan fingerprint density at radius 1 is 1.26 bits per heavy atom. The van der Waals surface area contributed by atoms with Crippen molar-refractivity contribution in [2.75, 3.05) is 6.54 Å². The Balaban J connectivity index is 1.72. The summed E-state index contributed by atoms with van der Waals surface area (Å²) in [5.41, 5.74) is 2.46. The Bertz CT molecular complexity index is 505. The van der Waals surface area contributed by atoms with E-state index in [1.807, 2.05) is 12.1 Å². The normalized spacial score (nSPS) is 11.2. The largest absolute Gasteiger partial charge is 0.312 e. The SMILES string of the molecule is CC(C)c1csc(CCNCc2ccc(Cl)cc2)n1. The van der Waals surface area contributed by atoms with Crippen molar-refractivity contribution in [1.29, 1.82) is 0 Å². The standard InChI is InChI=1S/C15H19ClN2S/c1-11(2)14-10-19-15(18-14)7-8-17-9-12-3-5-13(16)6-4-12/h3-6,10-11,17H,7-9H2,1-2H3. The summed E-state index contributed by atoms with van der Waals surface area (Å²) in [6.45, 7) is 6.18. The van der Waals surface area contributed by atoms with Crippen LogP contribution in [0.3, 0.4) is 0 Å². The molecule has 2 nitrogen and oxygen atoms in total. The summed E-state index contributed by atoms with van der Waals surface area (Å²) in [5, 5.41) is 7.60. The Morgan fingerprint density at radius 3 is 2.63 bits per heavy atom. The number of aromatic nitrogens is 1. The first-order chi connectivity index (χ1) is 9.15. The lowest BCUT2D eigenvalue weighted by Gasteiger charge is -2.04. The maximum Gasteiger partial charge on any atom is 0.0941 e. The maximum atomic E-state index is 5.85. The van der Waals surface area contributed by atoms with Crippen molar-refractivity contribution >= 4 is 22.9 Å². The maximum absolute atomic E-state index is 5.85. The second kappa shape index (κ2) is 7.04. The molecule has 0 aliphatic rings. The van der Waals surface area contributed by atoms with Crippen LogP contribution in [0.15, 0.2) is 29.6 Å². The van der Waals surface area contributed by atoms with Gasteiger partial charge in [-0.15, -0.1) is 11.3 Å². The molecule has 0 saturated carbocycles. The van der Waals surface area contributed by atoms with Gasteiger partial charge >= 0.3 is 0 Å². The minimum absolute atomic E-state index is 0.520. The van der Waals surface area contributed by atoms with E-state index in [0.29, 0.717) is 5.92 Å². The highest BCUT2D eigenvalue weighted by Crippen LogP contribution is 2.17. The summed E-state index contributed by atoms with van der Waals surface area (Å²) < 4.78 is 0. The van der Waals surface area contributed by atoms with Gasteiger partial charge in [-0.25, -0.2) is 4.98 Å². The van der Waals surface area contributed by atoms with Gasteiger partial charge in [-0.05, 0) is 23.6 Å². The third-order valence-corrected chi connectivity index (χ3v) is 4.10. The van der Waals surface area contributed by atoms with Gasteiger partial charge in [0.1, 0.15) is 0 Å². The number of rotatable bonds is 6. The summed E-state index contributed by atoms with van der Waals surface area (Å²) in [5.74, 6) is 0.520. The molecule has 0 fully saturated rings. The van der Waals surface area contributed by atoms with Crippen LogP contribution in [0.4, 0.5) is 0 Å². The summed E-state index contributed by atoms with van der Waals surface area (Å²) in [4.78, 5) is 4.63. The van der Waals surface area contributed by atoms with E-state index in [1.54, 1.807) is 11.3 Å². The molecule has 0 aliphatic carbocycles. The number of nitrogens with one attached hydrogen (secondary N) is 1. The molecule has 0 aliphatic heterocycles. The first-order valence-electron chi connectivity index (χ1n) is 6.54. The minimum atomic E-state index is 0.520. The number of hydrogen-bond donors (Lipinski definition) is 1. The predicted octanol–water partition coefficient (Wildman–Crippen LogP) is 4.25. The topological polar surface area (TPSA) is 24.9 Å². The van der Waals surface area contributed by atoms with Crippen LogP contribution < -0.4 is 5.32 Å². The van der Waals surface area contributed by atoms with Gasteiger partial charge in [0, 0.05) is 29.9 Å². The lowest BCUT2D eigenvalue weighted by atomic mass is 10.2. The number of thiazole rings is 1. The van der Waals surface area contributed by atoms with E-state index in [1.165, 1.54) is 16.3 Å². The molecular formula is C15H19ClN2S. The highest BCUT2D eigenvalue weighted by atomic mass is 35.5. The molecule has 0 amide bonds. The Morgan fingerprint density at radius 2 is 2.00 bits per heavy atom. The number of hydrogen-bond acceptors (Lipinski definition) is 3. The Labute approximate surface area is 123 Å². The number of benzene rings is 1. The summed E-state index contributed by atoms with van der Waals surface area (Å²) in [6, 6.07) is 7.95. The fourth-order valence-corrected chi connectivity index (χ4v) is 2.82. The molecule has 19 heavy (non-hydrogen) atoms. The van der Waals surface area contributed by atoms with Crippen molar-refractivity contribution < 1.29 is 0 Å². The molecule has 4 heteroatoms. The van der Waals surface area contributed by atoms with Crippen LogP contribution in [0.2, 0.25) is 5.02 Å². The van der Waals surface area contributed by atoms with Crippen molar-refractivity contribution in [3.8, 4) is 0 Å². The van der Waals surface area contributed by atoms with Crippen molar-refractivity contribution in [1.82, 2.24) is 10.3 Å². The lowest BCUT2D eigenvalue weighted by molar-refractivity contribution is 0.682. The van der Waals surface area contributed by atoms with Crippen molar-refractivity contribution in [3.63, 3.8) is 0 Å². The molecular weight excluding hydrogens is 276 g/mol. The van der Waals surface area contributed by atoms with Gasteiger partial charge in [-0.3, -0.25) is 0 Å². The second-order valence-electron chi connectivity index (χ2n) is 4.87. The third kappa shape index (κ3) is 4.60. The minimum Gasteiger partial charge on any atom is -0.312 e. The van der Waals surface area contributed by atoms with Gasteiger partial charge in [-0.2, -0.15) is 0 Å². The molecule has 1 aromatic heterocycles. The molecule has 1 heterocycles.